The van der Waals surface area contributed by atoms with E-state index in [9.17, 15) is 19.8 Å². The molecule has 3 N–H and O–H groups in total. The summed E-state index contributed by atoms with van der Waals surface area (Å²) in [6, 6.07) is -0.740. The molecular formula is C55H89NO5. The molecule has 0 aliphatic heterocycles. The van der Waals surface area contributed by atoms with Gasteiger partial charge in [-0.15, -0.1) is 0 Å². The first kappa shape index (κ1) is 57.3. The van der Waals surface area contributed by atoms with Crippen LogP contribution in [0.4, 0.5) is 0 Å². The molecule has 0 aliphatic rings. The van der Waals surface area contributed by atoms with E-state index in [4.69, 9.17) is 4.74 Å². The van der Waals surface area contributed by atoms with Gasteiger partial charge < -0.3 is 20.3 Å². The van der Waals surface area contributed by atoms with Gasteiger partial charge in [0.25, 0.3) is 0 Å². The Morgan fingerprint density at radius 3 is 1.54 bits per heavy atom. The number of hydrogen-bond acceptors (Lipinski definition) is 5. The summed E-state index contributed by atoms with van der Waals surface area (Å²) in [5, 5.41) is 23.7. The molecule has 344 valence electrons. The first-order valence-corrected chi connectivity index (χ1v) is 24.3. The summed E-state index contributed by atoms with van der Waals surface area (Å²) in [7, 11) is 0. The summed E-state index contributed by atoms with van der Waals surface area (Å²) in [6.45, 7) is 6.16. The first-order chi connectivity index (χ1) is 30.0. The Balaban J connectivity index is 4.84. The Morgan fingerprint density at radius 2 is 0.984 bits per heavy atom. The van der Waals surface area contributed by atoms with E-state index in [1.165, 1.54) is 51.4 Å². The van der Waals surface area contributed by atoms with Crippen molar-refractivity contribution in [2.75, 3.05) is 6.61 Å². The van der Waals surface area contributed by atoms with Crippen LogP contribution < -0.4 is 5.32 Å². The average Bonchev–Trinajstić information content (AvgIpc) is 3.25. The van der Waals surface area contributed by atoms with Crippen LogP contribution >= 0.6 is 0 Å². The van der Waals surface area contributed by atoms with Crippen LogP contribution in [-0.4, -0.2) is 46.9 Å². The van der Waals surface area contributed by atoms with Gasteiger partial charge in [-0.3, -0.25) is 9.59 Å². The van der Waals surface area contributed by atoms with Crippen molar-refractivity contribution in [3.05, 3.63) is 122 Å². The zero-order chi connectivity index (χ0) is 44.5. The molecule has 0 heterocycles. The molecule has 0 aromatic rings. The van der Waals surface area contributed by atoms with E-state index in [0.29, 0.717) is 19.3 Å². The zero-order valence-corrected chi connectivity index (χ0v) is 39.0. The van der Waals surface area contributed by atoms with Crippen LogP contribution in [0.25, 0.3) is 0 Å². The van der Waals surface area contributed by atoms with Crippen LogP contribution in [0.3, 0.4) is 0 Å². The van der Waals surface area contributed by atoms with Crippen molar-refractivity contribution in [2.24, 2.45) is 0 Å². The van der Waals surface area contributed by atoms with E-state index in [1.807, 2.05) is 60.8 Å². The minimum absolute atomic E-state index is 0.00520. The second-order valence-corrected chi connectivity index (χ2v) is 15.9. The number of hydrogen-bond donors (Lipinski definition) is 3. The molecule has 0 bridgehead atoms. The molecule has 6 nitrogen and oxygen atoms in total. The zero-order valence-electron chi connectivity index (χ0n) is 39.0. The monoisotopic (exact) mass is 844 g/mol. The Morgan fingerprint density at radius 1 is 0.508 bits per heavy atom. The smallest absolute Gasteiger partial charge is 0.306 e. The highest BCUT2D eigenvalue weighted by Crippen LogP contribution is 2.16. The molecular weight excluding hydrogens is 755 g/mol. The van der Waals surface area contributed by atoms with E-state index in [-0.39, 0.29) is 24.9 Å². The molecule has 0 spiro atoms. The van der Waals surface area contributed by atoms with E-state index in [0.717, 1.165) is 89.9 Å². The van der Waals surface area contributed by atoms with E-state index in [1.54, 1.807) is 0 Å². The minimum atomic E-state index is -0.820. The molecule has 0 rings (SSSR count). The lowest BCUT2D eigenvalue weighted by atomic mass is 10.0. The molecule has 1 amide bonds. The van der Waals surface area contributed by atoms with Gasteiger partial charge in [-0.1, -0.05) is 219 Å². The normalized spacial score (nSPS) is 14.4. The molecule has 61 heavy (non-hydrogen) atoms. The molecule has 3 unspecified atom stereocenters. The van der Waals surface area contributed by atoms with Crippen molar-refractivity contribution in [3.63, 3.8) is 0 Å². The molecule has 0 aromatic carbocycles. The SMILES string of the molecule is CC\C=C/C=C/C=C/C=C\C=C\C=C\CCCC(CC(=O)NC(CO)C(O)CCCCCCCCCCCCC)OC(=O)CCCCC/C=C/C/C=C/C/C=C/C/C=C/CC. The van der Waals surface area contributed by atoms with Gasteiger partial charge in [0.15, 0.2) is 0 Å². The summed E-state index contributed by atoms with van der Waals surface area (Å²) in [5.74, 6) is -0.601. The Hall–Kier alpha value is -3.74. The summed E-state index contributed by atoms with van der Waals surface area (Å²) >= 11 is 0. The van der Waals surface area contributed by atoms with Crippen LogP contribution in [0.1, 0.15) is 188 Å². The van der Waals surface area contributed by atoms with Crippen LogP contribution in [0, 0.1) is 0 Å². The molecule has 0 fully saturated rings. The van der Waals surface area contributed by atoms with Crippen LogP contribution in [0.15, 0.2) is 122 Å². The van der Waals surface area contributed by atoms with Gasteiger partial charge in [-0.25, -0.2) is 0 Å². The van der Waals surface area contributed by atoms with E-state index >= 15 is 0 Å². The maximum atomic E-state index is 13.2. The van der Waals surface area contributed by atoms with Gasteiger partial charge >= 0.3 is 5.97 Å². The van der Waals surface area contributed by atoms with Gasteiger partial charge in [0.2, 0.25) is 5.91 Å². The number of aliphatic hydroxyl groups excluding tert-OH is 2. The predicted molar refractivity (Wildman–Crippen MR) is 263 cm³/mol. The summed E-state index contributed by atoms with van der Waals surface area (Å²) in [5.41, 5.74) is 0. The number of nitrogens with one attached hydrogen (secondary N) is 1. The first-order valence-electron chi connectivity index (χ1n) is 24.3. The van der Waals surface area contributed by atoms with Gasteiger partial charge in [-0.2, -0.15) is 0 Å². The van der Waals surface area contributed by atoms with Crippen molar-refractivity contribution in [2.45, 2.75) is 206 Å². The number of ether oxygens (including phenoxy) is 1. The fraction of sp³-hybridized carbons (Fsp3) is 0.600. The molecule has 0 radical (unpaired) electrons. The number of carbonyl (C=O) groups is 2. The second kappa shape index (κ2) is 47.3. The third-order valence-corrected chi connectivity index (χ3v) is 10.2. The molecule has 3 atom stereocenters. The van der Waals surface area contributed by atoms with E-state index < -0.39 is 18.2 Å². The molecule has 0 saturated carbocycles. The Bertz CT molecular complexity index is 1310. The fourth-order valence-corrected chi connectivity index (χ4v) is 6.57. The fourth-order valence-electron chi connectivity index (χ4n) is 6.57. The quantitative estimate of drug-likeness (QED) is 0.0247. The Labute approximate surface area is 374 Å². The summed E-state index contributed by atoms with van der Waals surface area (Å²) < 4.78 is 5.87. The molecule has 0 saturated heterocycles. The topological polar surface area (TPSA) is 95.9 Å². The van der Waals surface area contributed by atoms with Crippen LogP contribution in [0.2, 0.25) is 0 Å². The number of allylic oxidation sites excluding steroid dienone is 20. The number of unbranched alkanes of at least 4 members (excludes halogenated alkanes) is 14. The average molecular weight is 844 g/mol. The van der Waals surface area contributed by atoms with Crippen LogP contribution in [0.5, 0.6) is 0 Å². The van der Waals surface area contributed by atoms with Crippen molar-refractivity contribution in [1.82, 2.24) is 5.32 Å². The highest BCUT2D eigenvalue weighted by atomic mass is 16.5. The van der Waals surface area contributed by atoms with Gasteiger partial charge in [0.1, 0.15) is 6.10 Å². The lowest BCUT2D eigenvalue weighted by molar-refractivity contribution is -0.151. The third-order valence-electron chi connectivity index (χ3n) is 10.2. The molecule has 0 aliphatic carbocycles. The highest BCUT2D eigenvalue weighted by Gasteiger charge is 2.24. The second-order valence-electron chi connectivity index (χ2n) is 15.9. The number of carbonyl (C=O) groups excluding carboxylic acids is 2. The van der Waals surface area contributed by atoms with Gasteiger partial charge in [-0.05, 0) is 77.0 Å². The van der Waals surface area contributed by atoms with Gasteiger partial charge in [0, 0.05) is 6.42 Å². The molecule has 0 aromatic heterocycles. The van der Waals surface area contributed by atoms with Crippen LogP contribution in [-0.2, 0) is 14.3 Å². The summed E-state index contributed by atoms with van der Waals surface area (Å²) in [6.07, 6.45) is 65.4. The Kier molecular flexibility index (Phi) is 44.4. The van der Waals surface area contributed by atoms with Gasteiger partial charge in [0.05, 0.1) is 25.2 Å². The maximum Gasteiger partial charge on any atom is 0.306 e. The summed E-state index contributed by atoms with van der Waals surface area (Å²) in [4.78, 5) is 26.1. The maximum absolute atomic E-state index is 13.2. The van der Waals surface area contributed by atoms with E-state index in [2.05, 4.69) is 86.8 Å². The minimum Gasteiger partial charge on any atom is -0.462 e. The number of rotatable bonds is 41. The van der Waals surface area contributed by atoms with Crippen molar-refractivity contribution >= 4 is 11.9 Å². The molecule has 6 heteroatoms. The number of esters is 1. The standard InChI is InChI=1S/C55H89NO5/c1-4-7-10-13-16-19-22-24-26-28-30-33-36-39-42-45-48-55(60)61-51(46-43-40-37-34-32-29-27-25-23-20-17-14-11-8-5-2)49-54(59)56-52(50-57)53(58)47-44-41-38-35-31-21-18-15-12-9-6-3/h7-8,10-11,14,16-17,19-20,23-27,29-30,32-34,37,51-53,57-58H,4-6,9,12-13,15,18,21-22,28,31,35-36,38-50H2,1-3H3,(H,56,59)/b10-7+,11-8-,17-14+,19-16+,23-20+,26-24+,27-25-,32-29+,33-30+,37-34+. The highest BCUT2D eigenvalue weighted by molar-refractivity contribution is 5.77. The number of aliphatic hydroxyl groups is 2. The predicted octanol–water partition coefficient (Wildman–Crippen LogP) is 14.5. The largest absolute Gasteiger partial charge is 0.462 e. The van der Waals surface area contributed by atoms with Crippen molar-refractivity contribution in [1.29, 1.82) is 0 Å². The third kappa shape index (κ3) is 42.7. The number of amides is 1. The van der Waals surface area contributed by atoms with Crippen molar-refractivity contribution in [3.8, 4) is 0 Å². The lowest BCUT2D eigenvalue weighted by Gasteiger charge is -2.24. The van der Waals surface area contributed by atoms with Crippen molar-refractivity contribution < 1.29 is 24.5 Å². The lowest BCUT2D eigenvalue weighted by Crippen LogP contribution is -2.46.